The standard InChI is InChI=1S/2C15H22BN6.C10H14Se.Sm/c2*1-10-7-13(4)20(17-10)16(21-14(5)8-11(2)18-21)22-15(6)9-12(3)19-22;1-10(2,3)8-4-6-9(11)7-5-8;/h2*7-9,16H,1-6H3;4-7,11H,1-3H3;/q2*-1;;+3/p-1. The van der Waals surface area contributed by atoms with Gasteiger partial charge in [0.2, 0.25) is 0 Å². The van der Waals surface area contributed by atoms with E-state index >= 15 is 0 Å². The van der Waals surface area contributed by atoms with Crippen LogP contribution in [0.4, 0.5) is 0 Å². The monoisotopic (exact) mass is 959 g/mol. The molecule has 0 aliphatic rings. The van der Waals surface area contributed by atoms with Crippen LogP contribution in [-0.4, -0.2) is 88.4 Å². The van der Waals surface area contributed by atoms with Gasteiger partial charge in [0, 0.05) is 0 Å². The molecule has 7 aromatic rings. The molecule has 56 heavy (non-hydrogen) atoms. The summed E-state index contributed by atoms with van der Waals surface area (Å²) < 4.78 is 13.6. The summed E-state index contributed by atoms with van der Waals surface area (Å²) in [4.78, 5) is 0. The first kappa shape index (κ1) is 45.2. The average Bonchev–Trinajstić information content (AvgIpc) is 3.91. The molecule has 1 aromatic carbocycles. The van der Waals surface area contributed by atoms with Crippen LogP contribution in [0.1, 0.15) is 94.7 Å². The summed E-state index contributed by atoms with van der Waals surface area (Å²) in [5.74, 6) is 0. The van der Waals surface area contributed by atoms with Crippen molar-refractivity contribution in [1.29, 1.82) is 0 Å². The van der Waals surface area contributed by atoms with E-state index in [-0.39, 0.29) is 45.8 Å². The zero-order valence-electron chi connectivity index (χ0n) is 35.9. The molecule has 6 aromatic heterocycles. The first-order valence-corrected chi connectivity index (χ1v) is 19.9. The Morgan fingerprint density at radius 3 is 0.732 bits per heavy atom. The van der Waals surface area contributed by atoms with Crippen molar-refractivity contribution in [3.8, 4) is 0 Å². The Hall–Kier alpha value is -3.53. The number of benzene rings is 1. The van der Waals surface area contributed by atoms with Gasteiger partial charge in [0.1, 0.15) is 0 Å². The smallest absolute Gasteiger partial charge is 0.400 e. The third-order valence-electron chi connectivity index (χ3n) is 9.95. The van der Waals surface area contributed by atoms with Crippen molar-refractivity contribution in [1.82, 2.24) is 58.1 Å². The first-order valence-electron chi connectivity index (χ1n) is 19.0. The second kappa shape index (κ2) is 18.4. The molecule has 295 valence electrons. The van der Waals surface area contributed by atoms with Crippen molar-refractivity contribution in [3.63, 3.8) is 0 Å². The van der Waals surface area contributed by atoms with E-state index < -0.39 is 14.2 Å². The van der Waals surface area contributed by atoms with Crippen LogP contribution in [0.15, 0.2) is 60.7 Å². The molecule has 0 spiro atoms. The summed E-state index contributed by atoms with van der Waals surface area (Å²) in [6, 6.07) is 21.1. The Kier molecular flexibility index (Phi) is 14.8. The van der Waals surface area contributed by atoms with Crippen molar-refractivity contribution in [3.05, 3.63) is 135 Å². The van der Waals surface area contributed by atoms with E-state index in [1.807, 2.05) is 41.5 Å². The molecule has 0 saturated carbocycles. The number of aryl methyl sites for hydroxylation is 12. The molecule has 0 atom stereocenters. The molecule has 16 heteroatoms. The minimum Gasteiger partial charge on any atom is -0.400 e. The largest absolute Gasteiger partial charge is 3.00 e. The Balaban J connectivity index is 0.000000195. The minimum absolute atomic E-state index is 0. The number of hydrogen-bond acceptors (Lipinski definition) is 6. The van der Waals surface area contributed by atoms with Gasteiger partial charge in [-0.15, -0.1) is 0 Å². The fourth-order valence-electron chi connectivity index (χ4n) is 7.48. The third kappa shape index (κ3) is 10.5. The van der Waals surface area contributed by atoms with Gasteiger partial charge in [-0.3, -0.25) is 0 Å². The molecule has 0 amide bonds. The second-order valence-electron chi connectivity index (χ2n) is 16.2. The van der Waals surface area contributed by atoms with Crippen LogP contribution < -0.4 is 4.46 Å². The van der Waals surface area contributed by atoms with Gasteiger partial charge in [-0.2, -0.15) is 0 Å². The van der Waals surface area contributed by atoms with Gasteiger partial charge in [-0.25, -0.2) is 30.6 Å². The Labute approximate surface area is 374 Å². The number of nitrogens with zero attached hydrogens (tertiary/aromatic N) is 12. The summed E-state index contributed by atoms with van der Waals surface area (Å²) in [7, 11) is -2.52. The summed E-state index contributed by atoms with van der Waals surface area (Å²) in [6.07, 6.45) is 0. The SMILES string of the molecule is CC(C)(C)c1ccc([Se-])cc1.Cc1cc(C)n([BH-](n2nc(C)cc2C)n2nc(C)cc2C)n1.Cc1cc(C)n([BH-](n2nc(C)cc2C)n2nc(C)cc2C)n1.[Sm+3]. The van der Waals surface area contributed by atoms with Crippen LogP contribution >= 0.6 is 0 Å². The maximum Gasteiger partial charge on any atom is 3.00 e. The zero-order valence-corrected chi connectivity index (χ0v) is 40.2. The molecule has 0 aliphatic carbocycles. The van der Waals surface area contributed by atoms with E-state index in [1.54, 1.807) is 0 Å². The van der Waals surface area contributed by atoms with Crippen LogP contribution in [0.5, 0.6) is 0 Å². The number of rotatable bonds is 6. The van der Waals surface area contributed by atoms with E-state index in [0.717, 1.165) is 68.3 Å². The van der Waals surface area contributed by atoms with Gasteiger partial charge < -0.3 is 27.6 Å². The van der Waals surface area contributed by atoms with Crippen LogP contribution in [0, 0.1) is 123 Å². The van der Waals surface area contributed by atoms with Gasteiger partial charge in [0.05, 0.1) is 34.2 Å². The van der Waals surface area contributed by atoms with Crippen molar-refractivity contribution in [2.75, 3.05) is 0 Å². The molecule has 0 bridgehead atoms. The van der Waals surface area contributed by atoms with Gasteiger partial charge in [-0.1, -0.05) is 0 Å². The van der Waals surface area contributed by atoms with E-state index in [9.17, 15) is 0 Å². The fourth-order valence-corrected chi connectivity index (χ4v) is 7.77. The average molecular weight is 957 g/mol. The van der Waals surface area contributed by atoms with Crippen molar-refractivity contribution < 1.29 is 40.4 Å². The molecule has 0 saturated heterocycles. The molecule has 0 fully saturated rings. The van der Waals surface area contributed by atoms with Crippen LogP contribution in [0.3, 0.4) is 0 Å². The topological polar surface area (TPSA) is 107 Å². The number of aromatic nitrogens is 12. The van der Waals surface area contributed by atoms with Crippen LogP contribution in [0.2, 0.25) is 0 Å². The molecule has 0 N–H and O–H groups in total. The zero-order chi connectivity index (χ0) is 40.5. The molecule has 6 heterocycles. The molecule has 0 unspecified atom stereocenters. The summed E-state index contributed by atoms with van der Waals surface area (Å²) in [5.41, 5.74) is 14.5. The summed E-state index contributed by atoms with van der Waals surface area (Å²) in [5, 5.41) is 28.2. The quantitative estimate of drug-likeness (QED) is 0.208. The van der Waals surface area contributed by atoms with E-state index in [0.29, 0.717) is 0 Å². The van der Waals surface area contributed by atoms with Crippen LogP contribution in [0.25, 0.3) is 0 Å². The van der Waals surface area contributed by atoms with Gasteiger partial charge in [-0.05, 0) is 154 Å². The maximum absolute atomic E-state index is 4.70. The number of hydrogen-bond donors (Lipinski definition) is 0. The van der Waals surface area contributed by atoms with Crippen molar-refractivity contribution >= 4 is 34.7 Å². The first-order chi connectivity index (χ1) is 25.7. The maximum atomic E-state index is 4.70. The molecule has 7 rings (SSSR count). The molecular weight excluding hydrogens is 899 g/mol. The summed E-state index contributed by atoms with van der Waals surface area (Å²) >= 11 is 2.98. The molecule has 12 nitrogen and oxygen atoms in total. The Bertz CT molecular complexity index is 2030. The fraction of sp³-hybridized carbons (Fsp3) is 0.400. The Morgan fingerprint density at radius 1 is 0.393 bits per heavy atom. The van der Waals surface area contributed by atoms with Gasteiger partial charge in [0.25, 0.3) is 0 Å². The second-order valence-corrected chi connectivity index (χ2v) is 17.2. The van der Waals surface area contributed by atoms with E-state index in [4.69, 9.17) is 30.6 Å². The van der Waals surface area contributed by atoms with Crippen LogP contribution in [-0.2, 0) is 5.41 Å². The third-order valence-corrected chi connectivity index (χ3v) is 10.5. The van der Waals surface area contributed by atoms with Gasteiger partial charge in [0.15, 0.2) is 0 Å². The molecule has 0 aliphatic heterocycles. The predicted molar refractivity (Wildman–Crippen MR) is 227 cm³/mol. The minimum atomic E-state index is -1.26. The van der Waals surface area contributed by atoms with Crippen molar-refractivity contribution in [2.24, 2.45) is 0 Å². The molecular formula is C40H57B2N12SeSm. The van der Waals surface area contributed by atoms with E-state index in [2.05, 4.69) is 167 Å². The van der Waals surface area contributed by atoms with Crippen molar-refractivity contribution in [2.45, 2.75) is 109 Å². The van der Waals surface area contributed by atoms with Gasteiger partial charge >= 0.3 is 131 Å². The molecule has 1 radical (unpaired) electrons. The Morgan fingerprint density at radius 2 is 0.589 bits per heavy atom. The summed E-state index contributed by atoms with van der Waals surface area (Å²) in [6.45, 7) is 31.3. The van der Waals surface area contributed by atoms with E-state index in [1.165, 1.54) is 10.0 Å². The predicted octanol–water partition coefficient (Wildman–Crippen LogP) is 5.35. The normalized spacial score (nSPS) is 11.4.